The van der Waals surface area contributed by atoms with Crippen molar-refractivity contribution in [3.8, 4) is 28.4 Å². The predicted octanol–water partition coefficient (Wildman–Crippen LogP) is 4.97. The number of nitrogens with two attached hydrogens (primary N) is 1. The average Bonchev–Trinajstić information content (AvgIpc) is 3.34. The van der Waals surface area contributed by atoms with Crippen molar-refractivity contribution >= 4 is 12.4 Å². The van der Waals surface area contributed by atoms with Gasteiger partial charge in [0.05, 0.1) is 16.8 Å². The molecule has 1 aliphatic carbocycles. The summed E-state index contributed by atoms with van der Waals surface area (Å²) in [5.41, 5.74) is 11.9. The van der Waals surface area contributed by atoms with Crippen molar-refractivity contribution in [2.24, 2.45) is 5.73 Å². The lowest BCUT2D eigenvalue weighted by Gasteiger charge is -2.34. The van der Waals surface area contributed by atoms with Crippen LogP contribution >= 0.6 is 12.4 Å². The van der Waals surface area contributed by atoms with Crippen molar-refractivity contribution in [1.29, 1.82) is 0 Å². The Kier molecular flexibility index (Phi) is 5.22. The fourth-order valence-electron chi connectivity index (χ4n) is 3.84. The molecule has 0 spiro atoms. The van der Waals surface area contributed by atoms with Crippen molar-refractivity contribution in [3.05, 3.63) is 71.7 Å². The van der Waals surface area contributed by atoms with Crippen molar-refractivity contribution in [3.63, 3.8) is 0 Å². The molecule has 0 saturated heterocycles. The minimum Gasteiger partial charge on any atom is -0.334 e. The average molecular weight is 422 g/mol. The molecular formula is C23H24ClN5O. The van der Waals surface area contributed by atoms with E-state index in [9.17, 15) is 0 Å². The number of hydrogen-bond donors (Lipinski definition) is 1. The van der Waals surface area contributed by atoms with E-state index in [1.165, 1.54) is 5.56 Å². The van der Waals surface area contributed by atoms with E-state index in [0.29, 0.717) is 11.7 Å². The van der Waals surface area contributed by atoms with E-state index < -0.39 is 5.54 Å². The van der Waals surface area contributed by atoms with Crippen LogP contribution in [0, 0.1) is 13.8 Å². The molecule has 0 bridgehead atoms. The van der Waals surface area contributed by atoms with Crippen LogP contribution in [0.15, 0.2) is 59.3 Å². The molecule has 2 N–H and O–H groups in total. The quantitative estimate of drug-likeness (QED) is 0.503. The van der Waals surface area contributed by atoms with E-state index in [2.05, 4.69) is 42.2 Å². The summed E-state index contributed by atoms with van der Waals surface area (Å²) in [7, 11) is 0. The molecule has 0 aliphatic heterocycles. The first-order chi connectivity index (χ1) is 14.0. The number of aryl methyl sites for hydroxylation is 2. The van der Waals surface area contributed by atoms with Crippen LogP contribution in [-0.2, 0) is 5.54 Å². The van der Waals surface area contributed by atoms with Gasteiger partial charge in [-0.15, -0.1) is 12.4 Å². The second-order valence-corrected chi connectivity index (χ2v) is 7.92. The Hall–Kier alpha value is -2.96. The Balaban J connectivity index is 0.00000218. The predicted molar refractivity (Wildman–Crippen MR) is 119 cm³/mol. The number of hydrogen-bond acceptors (Lipinski definition) is 5. The zero-order chi connectivity index (χ0) is 20.0. The molecule has 0 unspecified atom stereocenters. The van der Waals surface area contributed by atoms with Crippen LogP contribution in [0.3, 0.4) is 0 Å². The molecule has 4 aromatic rings. The maximum absolute atomic E-state index is 6.40. The summed E-state index contributed by atoms with van der Waals surface area (Å²) in [6.45, 7) is 4.18. The zero-order valence-corrected chi connectivity index (χ0v) is 17.8. The maximum Gasteiger partial charge on any atom is 0.261 e. The molecule has 1 aliphatic rings. The lowest BCUT2D eigenvalue weighted by molar-refractivity contribution is 0.229. The molecule has 0 radical (unpaired) electrons. The largest absolute Gasteiger partial charge is 0.334 e. The van der Waals surface area contributed by atoms with Crippen molar-refractivity contribution in [1.82, 2.24) is 19.9 Å². The van der Waals surface area contributed by atoms with Gasteiger partial charge in [-0.3, -0.25) is 0 Å². The lowest BCUT2D eigenvalue weighted by Crippen LogP contribution is -2.44. The van der Waals surface area contributed by atoms with Gasteiger partial charge >= 0.3 is 0 Å². The summed E-state index contributed by atoms with van der Waals surface area (Å²) in [4.78, 5) is 4.66. The van der Waals surface area contributed by atoms with Gasteiger partial charge in [0.1, 0.15) is 5.69 Å². The van der Waals surface area contributed by atoms with Gasteiger partial charge in [-0.1, -0.05) is 47.1 Å². The first kappa shape index (κ1) is 20.3. The van der Waals surface area contributed by atoms with E-state index >= 15 is 0 Å². The normalized spacial score (nSPS) is 14.8. The Bertz CT molecular complexity index is 1180. The molecule has 7 heteroatoms. The number of para-hydroxylation sites is 1. The lowest BCUT2D eigenvalue weighted by atomic mass is 9.77. The second kappa shape index (κ2) is 7.70. The van der Waals surface area contributed by atoms with Crippen LogP contribution in [0.5, 0.6) is 0 Å². The second-order valence-electron chi connectivity index (χ2n) is 7.92. The van der Waals surface area contributed by atoms with Crippen LogP contribution in [0.2, 0.25) is 0 Å². The maximum atomic E-state index is 6.40. The van der Waals surface area contributed by atoms with Crippen LogP contribution in [0.25, 0.3) is 28.4 Å². The highest BCUT2D eigenvalue weighted by Gasteiger charge is 2.39. The van der Waals surface area contributed by atoms with E-state index in [1.54, 1.807) is 0 Å². The minimum absolute atomic E-state index is 0. The van der Waals surface area contributed by atoms with Crippen molar-refractivity contribution < 1.29 is 4.52 Å². The van der Waals surface area contributed by atoms with Gasteiger partial charge in [-0.25, -0.2) is 4.68 Å². The molecule has 2 aromatic heterocycles. The Morgan fingerprint density at radius 3 is 2.47 bits per heavy atom. The molecule has 0 atom stereocenters. The molecular weight excluding hydrogens is 398 g/mol. The van der Waals surface area contributed by atoms with E-state index in [0.717, 1.165) is 47.3 Å². The van der Waals surface area contributed by atoms with Crippen LogP contribution in [0.1, 0.15) is 36.2 Å². The molecule has 154 valence electrons. The number of benzene rings is 2. The molecule has 0 amide bonds. The zero-order valence-electron chi connectivity index (χ0n) is 17.0. The first-order valence-electron chi connectivity index (χ1n) is 9.90. The third-order valence-corrected chi connectivity index (χ3v) is 5.72. The van der Waals surface area contributed by atoms with E-state index in [1.807, 2.05) is 41.2 Å². The van der Waals surface area contributed by atoms with Crippen LogP contribution in [0.4, 0.5) is 0 Å². The number of aromatic nitrogens is 4. The van der Waals surface area contributed by atoms with Gasteiger partial charge in [-0.05, 0) is 50.8 Å². The number of halogens is 1. The van der Waals surface area contributed by atoms with Gasteiger partial charge in [-0.2, -0.15) is 10.1 Å². The Morgan fingerprint density at radius 1 is 1.03 bits per heavy atom. The molecule has 1 saturated carbocycles. The van der Waals surface area contributed by atoms with Crippen LogP contribution in [-0.4, -0.2) is 19.9 Å². The third kappa shape index (κ3) is 3.42. The molecule has 6 nitrogen and oxygen atoms in total. The summed E-state index contributed by atoms with van der Waals surface area (Å²) < 4.78 is 7.51. The summed E-state index contributed by atoms with van der Waals surface area (Å²) in [5.74, 6) is 1.03. The van der Waals surface area contributed by atoms with E-state index in [-0.39, 0.29) is 12.4 Å². The van der Waals surface area contributed by atoms with Gasteiger partial charge < -0.3 is 10.3 Å². The molecule has 2 heterocycles. The smallest absolute Gasteiger partial charge is 0.261 e. The Morgan fingerprint density at radius 2 is 1.80 bits per heavy atom. The highest BCUT2D eigenvalue weighted by atomic mass is 35.5. The topological polar surface area (TPSA) is 82.8 Å². The highest BCUT2D eigenvalue weighted by molar-refractivity contribution is 5.85. The molecule has 30 heavy (non-hydrogen) atoms. The van der Waals surface area contributed by atoms with Gasteiger partial charge in [0.2, 0.25) is 0 Å². The van der Waals surface area contributed by atoms with Gasteiger partial charge in [0.25, 0.3) is 5.89 Å². The van der Waals surface area contributed by atoms with Crippen LogP contribution < -0.4 is 5.73 Å². The fourth-order valence-corrected chi connectivity index (χ4v) is 3.84. The van der Waals surface area contributed by atoms with Gasteiger partial charge in [0, 0.05) is 11.8 Å². The fraction of sp³-hybridized carbons (Fsp3) is 0.261. The first-order valence-corrected chi connectivity index (χ1v) is 9.90. The van der Waals surface area contributed by atoms with Crippen molar-refractivity contribution in [2.75, 3.05) is 0 Å². The third-order valence-electron chi connectivity index (χ3n) is 5.72. The van der Waals surface area contributed by atoms with Gasteiger partial charge in [0.15, 0.2) is 5.82 Å². The van der Waals surface area contributed by atoms with E-state index in [4.69, 9.17) is 15.4 Å². The number of nitrogens with zero attached hydrogens (tertiary/aromatic N) is 4. The molecule has 2 aromatic carbocycles. The SMILES string of the molecule is Cc1ccc(-c2nn(-c3ccccc3)cc2-c2nc(C3(N)CCC3)no2)c(C)c1.Cl. The monoisotopic (exact) mass is 421 g/mol. The Labute approximate surface area is 181 Å². The summed E-state index contributed by atoms with van der Waals surface area (Å²) >= 11 is 0. The van der Waals surface area contributed by atoms with Crippen molar-refractivity contribution in [2.45, 2.75) is 38.6 Å². The minimum atomic E-state index is -0.461. The molecule has 1 fully saturated rings. The molecule has 5 rings (SSSR count). The summed E-state index contributed by atoms with van der Waals surface area (Å²) in [6, 6.07) is 16.4. The summed E-state index contributed by atoms with van der Waals surface area (Å²) in [5, 5.41) is 9.07. The summed E-state index contributed by atoms with van der Waals surface area (Å²) in [6.07, 6.45) is 4.82. The standard InChI is InChI=1S/C23H23N5O.ClH/c1-15-9-10-18(16(2)13-15)20-19(14-28(26-20)17-7-4-3-5-8-17)21-25-22(27-29-21)23(24)11-6-12-23;/h3-5,7-10,13-14H,6,11-12,24H2,1-2H3;1H. The highest BCUT2D eigenvalue weighted by Crippen LogP contribution is 2.39. The number of rotatable bonds is 4.